The lowest BCUT2D eigenvalue weighted by molar-refractivity contribution is 0.248. The lowest BCUT2D eigenvalue weighted by atomic mass is 9.88. The summed E-state index contributed by atoms with van der Waals surface area (Å²) in [4.78, 5) is 30.3. The summed E-state index contributed by atoms with van der Waals surface area (Å²) in [6, 6.07) is 12.6. The number of rotatable bonds is 4. The van der Waals surface area contributed by atoms with E-state index < -0.39 is 6.03 Å². The molecule has 2 N–H and O–H groups in total. The number of nitrogens with one attached hydrogen (secondary N) is 2. The zero-order valence-electron chi connectivity index (χ0n) is 16.0. The summed E-state index contributed by atoms with van der Waals surface area (Å²) in [7, 11) is 0. The molecular formula is C22H23FN4O2. The van der Waals surface area contributed by atoms with E-state index in [1.807, 2.05) is 12.1 Å². The monoisotopic (exact) mass is 394 g/mol. The average molecular weight is 394 g/mol. The number of para-hydroxylation sites is 1. The van der Waals surface area contributed by atoms with Gasteiger partial charge in [-0.15, -0.1) is 0 Å². The Balaban J connectivity index is 1.61. The largest absolute Gasteiger partial charge is 0.334 e. The Hall–Kier alpha value is -3.22. The van der Waals surface area contributed by atoms with Crippen molar-refractivity contribution in [1.82, 2.24) is 15.0 Å². The summed E-state index contributed by atoms with van der Waals surface area (Å²) in [5.41, 5.74) is 3.63. The minimum Gasteiger partial charge on any atom is -0.333 e. The van der Waals surface area contributed by atoms with Crippen LogP contribution < -0.4 is 16.3 Å². The smallest absolute Gasteiger partial charge is 0.333 e. The quantitative estimate of drug-likeness (QED) is 0.701. The summed E-state index contributed by atoms with van der Waals surface area (Å²) >= 11 is 0. The van der Waals surface area contributed by atoms with Gasteiger partial charge in [0, 0.05) is 12.5 Å². The molecule has 1 aliphatic rings. The van der Waals surface area contributed by atoms with Crippen LogP contribution in [0.3, 0.4) is 0 Å². The number of carbonyl (C=O) groups is 1. The second kappa shape index (κ2) is 8.43. The van der Waals surface area contributed by atoms with Gasteiger partial charge in [-0.05, 0) is 42.7 Å². The highest BCUT2D eigenvalue weighted by atomic mass is 19.1. The first-order valence-corrected chi connectivity index (χ1v) is 9.93. The van der Waals surface area contributed by atoms with E-state index in [2.05, 4.69) is 10.7 Å². The zero-order chi connectivity index (χ0) is 20.2. The molecule has 1 saturated carbocycles. The molecular weight excluding hydrogens is 371 g/mol. The van der Waals surface area contributed by atoms with Crippen LogP contribution in [0.5, 0.6) is 0 Å². The molecule has 0 aliphatic heterocycles. The van der Waals surface area contributed by atoms with Gasteiger partial charge in [-0.2, -0.15) is 0 Å². The van der Waals surface area contributed by atoms with Crippen molar-refractivity contribution in [2.75, 3.05) is 5.43 Å². The zero-order valence-corrected chi connectivity index (χ0v) is 16.0. The molecule has 0 radical (unpaired) electrons. The van der Waals surface area contributed by atoms with Gasteiger partial charge in [0.15, 0.2) is 0 Å². The first-order valence-electron chi connectivity index (χ1n) is 9.93. The molecule has 6 nitrogen and oxygen atoms in total. The number of nitrogens with zero attached hydrogens (tertiary/aromatic N) is 2. The van der Waals surface area contributed by atoms with Crippen molar-refractivity contribution in [3.05, 3.63) is 76.1 Å². The lowest BCUT2D eigenvalue weighted by Crippen LogP contribution is -2.42. The molecule has 2 amide bonds. The van der Waals surface area contributed by atoms with Crippen LogP contribution in [0.25, 0.3) is 10.9 Å². The number of fused-ring (bicyclic) bond motifs is 1. The summed E-state index contributed by atoms with van der Waals surface area (Å²) in [6.07, 6.45) is 5.23. The van der Waals surface area contributed by atoms with Crippen molar-refractivity contribution in [3.63, 3.8) is 0 Å². The predicted molar refractivity (Wildman–Crippen MR) is 110 cm³/mol. The van der Waals surface area contributed by atoms with E-state index in [9.17, 15) is 14.0 Å². The Kier molecular flexibility index (Phi) is 5.55. The van der Waals surface area contributed by atoms with Gasteiger partial charge >= 0.3 is 6.03 Å². The van der Waals surface area contributed by atoms with Crippen LogP contribution in [0.15, 0.2) is 53.3 Å². The van der Waals surface area contributed by atoms with Crippen LogP contribution in [0.2, 0.25) is 0 Å². The molecule has 1 aromatic heterocycles. The van der Waals surface area contributed by atoms with E-state index in [4.69, 9.17) is 4.98 Å². The van der Waals surface area contributed by atoms with Crippen LogP contribution in [0, 0.1) is 5.82 Å². The number of urea groups is 1. The van der Waals surface area contributed by atoms with Gasteiger partial charge in [0.1, 0.15) is 11.6 Å². The first-order chi connectivity index (χ1) is 14.1. The Morgan fingerprint density at radius 2 is 1.90 bits per heavy atom. The molecule has 1 fully saturated rings. The van der Waals surface area contributed by atoms with E-state index in [1.165, 1.54) is 23.2 Å². The Bertz CT molecular complexity index is 1090. The first kappa shape index (κ1) is 19.1. The Labute approximate surface area is 167 Å². The topological polar surface area (TPSA) is 76.0 Å². The van der Waals surface area contributed by atoms with Gasteiger partial charge in [0.05, 0.1) is 10.9 Å². The number of amides is 2. The highest BCUT2D eigenvalue weighted by Gasteiger charge is 2.23. The molecule has 0 saturated heterocycles. The fraction of sp³-hybridized carbons (Fsp3) is 0.318. The maximum Gasteiger partial charge on any atom is 0.334 e. The Morgan fingerprint density at radius 1 is 1.10 bits per heavy atom. The van der Waals surface area contributed by atoms with E-state index >= 15 is 0 Å². The van der Waals surface area contributed by atoms with E-state index in [1.54, 1.807) is 24.3 Å². The van der Waals surface area contributed by atoms with Crippen LogP contribution in [0.4, 0.5) is 9.18 Å². The Morgan fingerprint density at radius 3 is 2.69 bits per heavy atom. The van der Waals surface area contributed by atoms with Crippen LogP contribution in [-0.2, 0) is 6.54 Å². The highest BCUT2D eigenvalue weighted by Crippen LogP contribution is 2.31. The number of carbonyl (C=O) groups excluding carboxylic acids is 1. The van der Waals surface area contributed by atoms with Crippen LogP contribution >= 0.6 is 0 Å². The van der Waals surface area contributed by atoms with Crippen molar-refractivity contribution >= 4 is 16.9 Å². The molecule has 3 aromatic rings. The molecule has 7 heteroatoms. The molecule has 0 bridgehead atoms. The van der Waals surface area contributed by atoms with Gasteiger partial charge in [-0.25, -0.2) is 24.3 Å². The minimum absolute atomic E-state index is 0.129. The van der Waals surface area contributed by atoms with Gasteiger partial charge < -0.3 is 5.32 Å². The van der Waals surface area contributed by atoms with E-state index in [0.29, 0.717) is 22.3 Å². The van der Waals surface area contributed by atoms with Crippen molar-refractivity contribution < 1.29 is 9.18 Å². The van der Waals surface area contributed by atoms with Crippen molar-refractivity contribution in [1.29, 1.82) is 0 Å². The van der Waals surface area contributed by atoms with Crippen LogP contribution in [-0.4, -0.2) is 15.7 Å². The SMILES string of the molecule is O=C(NCc1cccc(F)c1)Nn1c(C2CCCCC2)nc2ccccc2c1=O. The average Bonchev–Trinajstić information content (AvgIpc) is 2.75. The number of halogens is 1. The molecule has 0 spiro atoms. The van der Waals surface area contributed by atoms with Gasteiger partial charge in [0.2, 0.25) is 0 Å². The van der Waals surface area contributed by atoms with E-state index in [0.717, 1.165) is 25.7 Å². The summed E-state index contributed by atoms with van der Waals surface area (Å²) in [5, 5.41) is 3.13. The summed E-state index contributed by atoms with van der Waals surface area (Å²) in [5.74, 6) is 0.359. The third kappa shape index (κ3) is 4.29. The molecule has 4 rings (SSSR count). The van der Waals surface area contributed by atoms with E-state index in [-0.39, 0.29) is 23.8 Å². The number of hydrogen-bond acceptors (Lipinski definition) is 3. The third-order valence-electron chi connectivity index (χ3n) is 5.33. The summed E-state index contributed by atoms with van der Waals surface area (Å²) < 4.78 is 14.6. The lowest BCUT2D eigenvalue weighted by Gasteiger charge is -2.24. The van der Waals surface area contributed by atoms with Crippen molar-refractivity contribution in [2.45, 2.75) is 44.6 Å². The standard InChI is InChI=1S/C22H23FN4O2/c23-17-10-6-7-15(13-17)14-24-22(29)26-27-20(16-8-2-1-3-9-16)25-19-12-5-4-11-18(19)21(27)28/h4-7,10-13,16H,1-3,8-9,14H2,(H2,24,26,29). The maximum atomic E-state index is 13.3. The van der Waals surface area contributed by atoms with Gasteiger partial charge in [0.25, 0.3) is 5.56 Å². The van der Waals surface area contributed by atoms with Crippen molar-refractivity contribution in [2.24, 2.45) is 0 Å². The summed E-state index contributed by atoms with van der Waals surface area (Å²) in [6.45, 7) is 0.151. The number of benzene rings is 2. The molecule has 150 valence electrons. The predicted octanol–water partition coefficient (Wildman–Crippen LogP) is 4.04. The second-order valence-corrected chi connectivity index (χ2v) is 7.39. The maximum absolute atomic E-state index is 13.3. The molecule has 0 unspecified atom stereocenters. The molecule has 1 heterocycles. The molecule has 2 aromatic carbocycles. The number of hydrogen-bond donors (Lipinski definition) is 2. The molecule has 29 heavy (non-hydrogen) atoms. The number of aromatic nitrogens is 2. The third-order valence-corrected chi connectivity index (χ3v) is 5.33. The second-order valence-electron chi connectivity index (χ2n) is 7.39. The minimum atomic E-state index is -0.537. The molecule has 0 atom stereocenters. The van der Waals surface area contributed by atoms with Gasteiger partial charge in [-0.3, -0.25) is 4.79 Å². The van der Waals surface area contributed by atoms with Crippen LogP contribution in [0.1, 0.15) is 49.4 Å². The van der Waals surface area contributed by atoms with Gasteiger partial charge in [-0.1, -0.05) is 43.5 Å². The normalized spacial score (nSPS) is 14.7. The van der Waals surface area contributed by atoms with Crippen molar-refractivity contribution in [3.8, 4) is 0 Å². The fourth-order valence-corrected chi connectivity index (χ4v) is 3.86. The molecule has 1 aliphatic carbocycles. The fourth-order valence-electron chi connectivity index (χ4n) is 3.86. The highest BCUT2D eigenvalue weighted by molar-refractivity contribution is 5.83.